The molecule has 1 N–H and O–H groups in total. The van der Waals surface area contributed by atoms with E-state index in [1.165, 1.54) is 5.38 Å². The van der Waals surface area contributed by atoms with Gasteiger partial charge < -0.3 is 14.3 Å². The van der Waals surface area contributed by atoms with Crippen LogP contribution in [0.1, 0.15) is 19.5 Å². The number of hydrogen-bond donors (Lipinski definition) is 1. The van der Waals surface area contributed by atoms with E-state index in [2.05, 4.69) is 20.2 Å². The summed E-state index contributed by atoms with van der Waals surface area (Å²) in [6.07, 6.45) is -0.957. The molecule has 0 saturated heterocycles. The Labute approximate surface area is 157 Å². The lowest BCUT2D eigenvalue weighted by molar-refractivity contribution is -0.135. The number of hydrogen-bond acceptors (Lipinski definition) is 8. The van der Waals surface area contributed by atoms with Crippen LogP contribution in [-0.4, -0.2) is 46.4 Å². The highest BCUT2D eigenvalue weighted by atomic mass is 35.5. The molecule has 1 heterocycles. The second-order valence-corrected chi connectivity index (χ2v) is 6.44. The Morgan fingerprint density at radius 2 is 2.08 bits per heavy atom. The zero-order chi connectivity index (χ0) is 18.2. The lowest BCUT2D eigenvalue weighted by Crippen LogP contribution is -2.27. The fourth-order valence-corrected chi connectivity index (χ4v) is 2.11. The summed E-state index contributed by atoms with van der Waals surface area (Å²) in [5.41, 5.74) is 0.0451. The predicted octanol–water partition coefficient (Wildman–Crippen LogP) is 3.37. The van der Waals surface area contributed by atoms with E-state index in [-0.39, 0.29) is 35.6 Å². The van der Waals surface area contributed by atoms with Crippen molar-refractivity contribution in [2.75, 3.05) is 24.4 Å². The van der Waals surface area contributed by atoms with Crippen LogP contribution in [0.2, 0.25) is 0 Å². The molecule has 134 valence electrons. The van der Waals surface area contributed by atoms with Gasteiger partial charge in [0.25, 0.3) is 4.52 Å². The third-order valence-corrected chi connectivity index (χ3v) is 3.94. The lowest BCUT2D eigenvalue weighted by atomic mass is 10.3. The van der Waals surface area contributed by atoms with Crippen molar-refractivity contribution >= 4 is 69.0 Å². The van der Waals surface area contributed by atoms with Crippen LogP contribution in [0.4, 0.5) is 9.93 Å². The SMILES string of the molecule is CCO/N=C(\C(=O)OCC)c1csc(NC(=O)OC(Cl)(Cl)CCl)n1. The Kier molecular flexibility index (Phi) is 8.54. The maximum absolute atomic E-state index is 11.9. The molecule has 0 aliphatic carbocycles. The van der Waals surface area contributed by atoms with E-state index < -0.39 is 16.6 Å². The minimum absolute atomic E-state index is 0.124. The van der Waals surface area contributed by atoms with E-state index in [1.54, 1.807) is 13.8 Å². The molecule has 0 radical (unpaired) electrons. The quantitative estimate of drug-likeness (QED) is 0.301. The highest BCUT2D eigenvalue weighted by molar-refractivity contribution is 7.14. The van der Waals surface area contributed by atoms with Gasteiger partial charge in [0, 0.05) is 5.38 Å². The van der Waals surface area contributed by atoms with Gasteiger partial charge in [0.2, 0.25) is 5.71 Å². The number of nitrogens with zero attached hydrogens (tertiary/aromatic N) is 2. The van der Waals surface area contributed by atoms with Crippen molar-refractivity contribution in [3.8, 4) is 0 Å². The number of anilines is 1. The van der Waals surface area contributed by atoms with Crippen molar-refractivity contribution in [1.29, 1.82) is 0 Å². The van der Waals surface area contributed by atoms with E-state index in [4.69, 9.17) is 44.4 Å². The predicted molar refractivity (Wildman–Crippen MR) is 92.2 cm³/mol. The van der Waals surface area contributed by atoms with Crippen LogP contribution in [0.25, 0.3) is 0 Å². The van der Waals surface area contributed by atoms with Crippen LogP contribution >= 0.6 is 46.1 Å². The van der Waals surface area contributed by atoms with Gasteiger partial charge in [-0.1, -0.05) is 28.4 Å². The maximum atomic E-state index is 11.9. The number of ether oxygens (including phenoxy) is 2. The summed E-state index contributed by atoms with van der Waals surface area (Å²) in [5.74, 6) is -1.02. The van der Waals surface area contributed by atoms with Gasteiger partial charge in [0.1, 0.15) is 12.3 Å². The first-order chi connectivity index (χ1) is 11.3. The first-order valence-corrected chi connectivity index (χ1v) is 8.76. The van der Waals surface area contributed by atoms with Gasteiger partial charge in [-0.25, -0.2) is 14.6 Å². The summed E-state index contributed by atoms with van der Waals surface area (Å²) in [4.78, 5) is 32.4. The van der Waals surface area contributed by atoms with Crippen molar-refractivity contribution in [1.82, 2.24) is 4.98 Å². The summed E-state index contributed by atoms with van der Waals surface area (Å²) >= 11 is 17.7. The van der Waals surface area contributed by atoms with E-state index in [0.29, 0.717) is 0 Å². The normalized spacial score (nSPS) is 11.8. The standard InChI is InChI=1S/C12H14Cl3N3O5S/c1-3-21-9(19)8(18-22-4-2)7-5-24-10(16-7)17-11(20)23-12(14,15)6-13/h5H,3-4,6H2,1-2H3,(H,16,17,20)/b18-8-. The van der Waals surface area contributed by atoms with Crippen LogP contribution in [0.5, 0.6) is 0 Å². The largest absolute Gasteiger partial charge is 0.461 e. The molecule has 0 aromatic carbocycles. The number of rotatable bonds is 8. The number of thiazole rings is 1. The topological polar surface area (TPSA) is 99.1 Å². The summed E-state index contributed by atoms with van der Waals surface area (Å²) in [7, 11) is 0. The van der Waals surface area contributed by atoms with E-state index >= 15 is 0 Å². The number of halogens is 3. The van der Waals surface area contributed by atoms with Gasteiger partial charge in [0.05, 0.1) is 12.5 Å². The van der Waals surface area contributed by atoms with Crippen LogP contribution in [0.3, 0.4) is 0 Å². The average Bonchev–Trinajstić information content (AvgIpc) is 2.95. The van der Waals surface area contributed by atoms with Gasteiger partial charge in [-0.15, -0.1) is 22.9 Å². The third kappa shape index (κ3) is 6.68. The van der Waals surface area contributed by atoms with Gasteiger partial charge in [-0.3, -0.25) is 5.32 Å². The molecule has 0 bridgehead atoms. The zero-order valence-corrected chi connectivity index (χ0v) is 15.8. The highest BCUT2D eigenvalue weighted by Crippen LogP contribution is 2.25. The minimum Gasteiger partial charge on any atom is -0.461 e. The maximum Gasteiger partial charge on any atom is 0.416 e. The third-order valence-electron chi connectivity index (χ3n) is 2.11. The van der Waals surface area contributed by atoms with Crippen molar-refractivity contribution in [2.24, 2.45) is 5.16 Å². The zero-order valence-electron chi connectivity index (χ0n) is 12.7. The Bertz CT molecular complexity index is 609. The Balaban J connectivity index is 2.85. The molecule has 24 heavy (non-hydrogen) atoms. The number of esters is 1. The molecule has 0 spiro atoms. The minimum atomic E-state index is -1.86. The molecule has 1 rings (SSSR count). The fourth-order valence-electron chi connectivity index (χ4n) is 1.23. The smallest absolute Gasteiger partial charge is 0.416 e. The van der Waals surface area contributed by atoms with Crippen molar-refractivity contribution < 1.29 is 23.9 Å². The van der Waals surface area contributed by atoms with E-state index in [0.717, 1.165) is 11.3 Å². The number of carbonyl (C=O) groups excluding carboxylic acids is 2. The molecule has 1 amide bonds. The van der Waals surface area contributed by atoms with Crippen molar-refractivity contribution in [2.45, 2.75) is 18.4 Å². The number of nitrogens with one attached hydrogen (secondary N) is 1. The molecular formula is C12H14Cl3N3O5S. The number of oxime groups is 1. The number of carbonyl (C=O) groups is 2. The van der Waals surface area contributed by atoms with Crippen molar-refractivity contribution in [3.05, 3.63) is 11.1 Å². The molecular weight excluding hydrogens is 405 g/mol. The lowest BCUT2D eigenvalue weighted by Gasteiger charge is -2.16. The molecule has 0 unspecified atom stereocenters. The molecule has 0 atom stereocenters. The van der Waals surface area contributed by atoms with Gasteiger partial charge in [-0.2, -0.15) is 0 Å². The van der Waals surface area contributed by atoms with E-state index in [9.17, 15) is 9.59 Å². The average molecular weight is 419 g/mol. The summed E-state index contributed by atoms with van der Waals surface area (Å²) in [6.45, 7) is 3.79. The Morgan fingerprint density at radius 1 is 1.38 bits per heavy atom. The van der Waals surface area contributed by atoms with Crippen LogP contribution < -0.4 is 5.32 Å². The second kappa shape index (κ2) is 9.87. The van der Waals surface area contributed by atoms with Crippen LogP contribution in [-0.2, 0) is 19.1 Å². The van der Waals surface area contributed by atoms with Crippen LogP contribution in [0, 0.1) is 0 Å². The monoisotopic (exact) mass is 417 g/mol. The first kappa shape index (κ1) is 20.8. The highest BCUT2D eigenvalue weighted by Gasteiger charge is 2.28. The van der Waals surface area contributed by atoms with Crippen LogP contribution in [0.15, 0.2) is 10.5 Å². The molecule has 1 aromatic heterocycles. The number of aromatic nitrogens is 1. The molecule has 0 aliphatic heterocycles. The number of alkyl halides is 3. The Hall–Kier alpha value is -1.29. The molecule has 0 aliphatic rings. The molecule has 8 nitrogen and oxygen atoms in total. The summed E-state index contributed by atoms with van der Waals surface area (Å²) < 4.78 is 7.70. The van der Waals surface area contributed by atoms with Gasteiger partial charge in [-0.05, 0) is 13.8 Å². The second-order valence-electron chi connectivity index (χ2n) is 3.90. The summed E-state index contributed by atoms with van der Waals surface area (Å²) in [5, 5.41) is 7.60. The molecule has 1 aromatic rings. The molecule has 0 saturated carbocycles. The molecule has 0 fully saturated rings. The van der Waals surface area contributed by atoms with Gasteiger partial charge in [0.15, 0.2) is 5.13 Å². The summed E-state index contributed by atoms with van der Waals surface area (Å²) in [6, 6.07) is 0. The molecule has 12 heteroatoms. The number of amides is 1. The fraction of sp³-hybridized carbons (Fsp3) is 0.500. The van der Waals surface area contributed by atoms with Crippen molar-refractivity contribution in [3.63, 3.8) is 0 Å². The van der Waals surface area contributed by atoms with E-state index in [1.807, 2.05) is 0 Å². The first-order valence-electron chi connectivity index (χ1n) is 6.59. The van der Waals surface area contributed by atoms with Gasteiger partial charge >= 0.3 is 12.1 Å². The Morgan fingerprint density at radius 3 is 2.67 bits per heavy atom.